The Morgan fingerprint density at radius 2 is 2.43 bits per heavy atom. The van der Waals surface area contributed by atoms with Crippen LogP contribution >= 0.6 is 11.6 Å². The van der Waals surface area contributed by atoms with Crippen molar-refractivity contribution >= 4 is 23.3 Å². The fourth-order valence-corrected chi connectivity index (χ4v) is 1.05. The van der Waals surface area contributed by atoms with Crippen LogP contribution in [0.3, 0.4) is 0 Å². The monoisotopic (exact) mass is 213 g/mol. The molecule has 4 nitrogen and oxygen atoms in total. The van der Waals surface area contributed by atoms with Crippen LogP contribution in [0, 0.1) is 0 Å². The molecule has 0 aromatic carbocycles. The summed E-state index contributed by atoms with van der Waals surface area (Å²) in [5, 5.41) is 2.91. The molecule has 0 fully saturated rings. The SMILES string of the molecule is CC[C@@H](N)C(=O)Nc1cccc(Cl)n1. The molecule has 5 heteroatoms. The average molecular weight is 214 g/mol. The largest absolute Gasteiger partial charge is 0.320 e. The van der Waals surface area contributed by atoms with E-state index in [4.69, 9.17) is 17.3 Å². The molecule has 0 bridgehead atoms. The van der Waals surface area contributed by atoms with Crippen molar-refractivity contribution < 1.29 is 4.79 Å². The van der Waals surface area contributed by atoms with E-state index in [2.05, 4.69) is 10.3 Å². The summed E-state index contributed by atoms with van der Waals surface area (Å²) in [4.78, 5) is 15.2. The first-order chi connectivity index (χ1) is 6.63. The minimum Gasteiger partial charge on any atom is -0.320 e. The molecule has 0 spiro atoms. The van der Waals surface area contributed by atoms with Gasteiger partial charge in [0.05, 0.1) is 6.04 Å². The van der Waals surface area contributed by atoms with Crippen LogP contribution in [0.25, 0.3) is 0 Å². The minimum atomic E-state index is -0.504. The zero-order chi connectivity index (χ0) is 10.6. The Morgan fingerprint density at radius 3 is 3.00 bits per heavy atom. The maximum Gasteiger partial charge on any atom is 0.242 e. The highest BCUT2D eigenvalue weighted by molar-refractivity contribution is 6.29. The van der Waals surface area contributed by atoms with Gasteiger partial charge < -0.3 is 11.1 Å². The van der Waals surface area contributed by atoms with E-state index < -0.39 is 6.04 Å². The maximum atomic E-state index is 11.3. The number of nitrogens with zero attached hydrogens (tertiary/aromatic N) is 1. The Kier molecular flexibility index (Phi) is 3.85. The first-order valence-corrected chi connectivity index (χ1v) is 4.70. The third-order valence-electron chi connectivity index (χ3n) is 1.74. The van der Waals surface area contributed by atoms with Crippen LogP contribution in [0.5, 0.6) is 0 Å². The highest BCUT2D eigenvalue weighted by Gasteiger charge is 2.11. The molecule has 1 aromatic heterocycles. The van der Waals surface area contributed by atoms with Crippen molar-refractivity contribution in [2.24, 2.45) is 5.73 Å². The van der Waals surface area contributed by atoms with Crippen molar-refractivity contribution in [1.82, 2.24) is 4.98 Å². The third-order valence-corrected chi connectivity index (χ3v) is 1.95. The summed E-state index contributed by atoms with van der Waals surface area (Å²) < 4.78 is 0. The molecule has 3 N–H and O–H groups in total. The van der Waals surface area contributed by atoms with Crippen LogP contribution in [0.15, 0.2) is 18.2 Å². The molecule has 1 rings (SSSR count). The van der Waals surface area contributed by atoms with E-state index in [9.17, 15) is 4.79 Å². The molecule has 0 aliphatic rings. The zero-order valence-electron chi connectivity index (χ0n) is 7.83. The van der Waals surface area contributed by atoms with Gasteiger partial charge in [0, 0.05) is 0 Å². The molecule has 0 unspecified atom stereocenters. The number of rotatable bonds is 3. The molecule has 0 aliphatic carbocycles. The lowest BCUT2D eigenvalue weighted by molar-refractivity contribution is -0.117. The van der Waals surface area contributed by atoms with Gasteiger partial charge in [-0.05, 0) is 18.6 Å². The standard InChI is InChI=1S/C9H12ClN3O/c1-2-6(11)9(14)13-8-5-3-4-7(10)12-8/h3-6H,2,11H2,1H3,(H,12,13,14)/t6-/m1/s1. The van der Waals surface area contributed by atoms with E-state index in [1.54, 1.807) is 18.2 Å². The Morgan fingerprint density at radius 1 is 1.71 bits per heavy atom. The molecular weight excluding hydrogens is 202 g/mol. The van der Waals surface area contributed by atoms with Crippen LogP contribution in [0.4, 0.5) is 5.82 Å². The number of amides is 1. The number of nitrogens with one attached hydrogen (secondary N) is 1. The predicted octanol–water partition coefficient (Wildman–Crippen LogP) is 1.41. The first kappa shape index (κ1) is 10.9. The van der Waals surface area contributed by atoms with Gasteiger partial charge in [-0.2, -0.15) is 0 Å². The fourth-order valence-electron chi connectivity index (χ4n) is 0.882. The second-order valence-electron chi connectivity index (χ2n) is 2.85. The second-order valence-corrected chi connectivity index (χ2v) is 3.24. The van der Waals surface area contributed by atoms with Crippen molar-refractivity contribution in [1.29, 1.82) is 0 Å². The van der Waals surface area contributed by atoms with Crippen LogP contribution in [0.2, 0.25) is 5.15 Å². The van der Waals surface area contributed by atoms with E-state index in [1.165, 1.54) is 0 Å². The molecule has 14 heavy (non-hydrogen) atoms. The Balaban J connectivity index is 2.65. The number of hydrogen-bond acceptors (Lipinski definition) is 3. The van der Waals surface area contributed by atoms with Crippen LogP contribution in [0.1, 0.15) is 13.3 Å². The Hall–Kier alpha value is -1.13. The average Bonchev–Trinajstić information content (AvgIpc) is 2.16. The van der Waals surface area contributed by atoms with Gasteiger partial charge in [-0.25, -0.2) is 4.98 Å². The number of halogens is 1. The van der Waals surface area contributed by atoms with Crippen molar-refractivity contribution in [3.63, 3.8) is 0 Å². The van der Waals surface area contributed by atoms with Gasteiger partial charge in [0.15, 0.2) is 0 Å². The number of nitrogens with two attached hydrogens (primary N) is 1. The number of carbonyl (C=O) groups excluding carboxylic acids is 1. The topological polar surface area (TPSA) is 68.0 Å². The fraction of sp³-hybridized carbons (Fsp3) is 0.333. The lowest BCUT2D eigenvalue weighted by atomic mass is 10.2. The summed E-state index contributed by atoms with van der Waals surface area (Å²) in [5.74, 6) is 0.175. The summed E-state index contributed by atoms with van der Waals surface area (Å²) in [5.41, 5.74) is 5.53. The second kappa shape index (κ2) is 4.93. The van der Waals surface area contributed by atoms with Crippen molar-refractivity contribution in [3.8, 4) is 0 Å². The molecule has 1 aromatic rings. The van der Waals surface area contributed by atoms with E-state index in [0.29, 0.717) is 17.4 Å². The maximum absolute atomic E-state index is 11.3. The predicted molar refractivity (Wildman–Crippen MR) is 56.1 cm³/mol. The quantitative estimate of drug-likeness (QED) is 0.746. The van der Waals surface area contributed by atoms with Gasteiger partial charge in [0.2, 0.25) is 5.91 Å². The summed E-state index contributed by atoms with van der Waals surface area (Å²) in [6.45, 7) is 1.84. The smallest absolute Gasteiger partial charge is 0.242 e. The van der Waals surface area contributed by atoms with E-state index in [1.807, 2.05) is 6.92 Å². The van der Waals surface area contributed by atoms with Gasteiger partial charge in [0.1, 0.15) is 11.0 Å². The molecule has 1 atom stereocenters. The number of carbonyl (C=O) groups is 1. The van der Waals surface area contributed by atoms with E-state index >= 15 is 0 Å². The summed E-state index contributed by atoms with van der Waals surface area (Å²) in [7, 11) is 0. The minimum absolute atomic E-state index is 0.248. The van der Waals surface area contributed by atoms with Crippen molar-refractivity contribution in [3.05, 3.63) is 23.4 Å². The summed E-state index contributed by atoms with van der Waals surface area (Å²) in [6.07, 6.45) is 0.590. The van der Waals surface area contributed by atoms with Gasteiger partial charge in [-0.1, -0.05) is 24.6 Å². The molecule has 0 saturated heterocycles. The number of aromatic nitrogens is 1. The van der Waals surface area contributed by atoms with E-state index in [-0.39, 0.29) is 5.91 Å². The normalized spacial score (nSPS) is 12.2. The molecule has 0 aliphatic heterocycles. The highest BCUT2D eigenvalue weighted by atomic mass is 35.5. The molecule has 1 heterocycles. The zero-order valence-corrected chi connectivity index (χ0v) is 8.58. The number of pyridine rings is 1. The van der Waals surface area contributed by atoms with Crippen LogP contribution < -0.4 is 11.1 Å². The van der Waals surface area contributed by atoms with Crippen LogP contribution in [-0.2, 0) is 4.79 Å². The first-order valence-electron chi connectivity index (χ1n) is 4.32. The Labute approximate surface area is 87.5 Å². The highest BCUT2D eigenvalue weighted by Crippen LogP contribution is 2.09. The molecular formula is C9H12ClN3O. The van der Waals surface area contributed by atoms with Gasteiger partial charge in [-0.15, -0.1) is 0 Å². The van der Waals surface area contributed by atoms with Crippen LogP contribution in [-0.4, -0.2) is 16.9 Å². The molecule has 0 radical (unpaired) electrons. The van der Waals surface area contributed by atoms with E-state index in [0.717, 1.165) is 0 Å². The lowest BCUT2D eigenvalue weighted by Gasteiger charge is -2.08. The summed E-state index contributed by atoms with van der Waals surface area (Å²) >= 11 is 5.65. The lowest BCUT2D eigenvalue weighted by Crippen LogP contribution is -2.35. The summed E-state index contributed by atoms with van der Waals surface area (Å²) in [6, 6.07) is 4.50. The third kappa shape index (κ3) is 2.97. The van der Waals surface area contributed by atoms with Crippen molar-refractivity contribution in [2.45, 2.75) is 19.4 Å². The number of hydrogen-bond donors (Lipinski definition) is 2. The van der Waals surface area contributed by atoms with Gasteiger partial charge in [0.25, 0.3) is 0 Å². The number of anilines is 1. The molecule has 76 valence electrons. The van der Waals surface area contributed by atoms with Gasteiger partial charge in [-0.3, -0.25) is 4.79 Å². The van der Waals surface area contributed by atoms with Gasteiger partial charge >= 0.3 is 0 Å². The molecule has 1 amide bonds. The Bertz CT molecular complexity index is 330. The van der Waals surface area contributed by atoms with Crippen molar-refractivity contribution in [2.75, 3.05) is 5.32 Å². The molecule has 0 saturated carbocycles.